The molecule has 4 nitrogen and oxygen atoms in total. The van der Waals surface area contributed by atoms with Gasteiger partial charge in [-0.05, 0) is 6.07 Å². The standard InChI is InChI=1S/C12H15NO3/c1-15-9-12(14)13-6-7-16-11-5-3-2-4-10(11)8-13/h2-5H,6-9H2,1H3. The summed E-state index contributed by atoms with van der Waals surface area (Å²) in [5.41, 5.74) is 1.05. The summed E-state index contributed by atoms with van der Waals surface area (Å²) in [6, 6.07) is 7.80. The van der Waals surface area contributed by atoms with Crippen LogP contribution in [-0.4, -0.2) is 37.7 Å². The van der Waals surface area contributed by atoms with Crippen LogP contribution < -0.4 is 4.74 Å². The van der Waals surface area contributed by atoms with Gasteiger partial charge in [0.15, 0.2) is 0 Å². The third-order valence-corrected chi connectivity index (χ3v) is 2.57. The number of ether oxygens (including phenoxy) is 2. The molecule has 0 spiro atoms. The molecule has 1 amide bonds. The van der Waals surface area contributed by atoms with E-state index in [9.17, 15) is 4.79 Å². The van der Waals surface area contributed by atoms with Gasteiger partial charge >= 0.3 is 0 Å². The highest BCUT2D eigenvalue weighted by molar-refractivity contribution is 5.77. The number of carbonyl (C=O) groups is 1. The Morgan fingerprint density at radius 2 is 2.31 bits per heavy atom. The number of benzene rings is 1. The van der Waals surface area contributed by atoms with Crippen molar-refractivity contribution in [2.24, 2.45) is 0 Å². The Balaban J connectivity index is 2.13. The summed E-state index contributed by atoms with van der Waals surface area (Å²) in [5, 5.41) is 0. The zero-order valence-electron chi connectivity index (χ0n) is 9.31. The highest BCUT2D eigenvalue weighted by Crippen LogP contribution is 2.22. The summed E-state index contributed by atoms with van der Waals surface area (Å²) >= 11 is 0. The summed E-state index contributed by atoms with van der Waals surface area (Å²) in [5.74, 6) is 0.873. The van der Waals surface area contributed by atoms with Crippen molar-refractivity contribution in [1.29, 1.82) is 0 Å². The third-order valence-electron chi connectivity index (χ3n) is 2.57. The van der Waals surface area contributed by atoms with Crippen LogP contribution in [0.2, 0.25) is 0 Å². The van der Waals surface area contributed by atoms with Crippen molar-refractivity contribution in [3.05, 3.63) is 29.8 Å². The molecular weight excluding hydrogens is 206 g/mol. The summed E-state index contributed by atoms with van der Waals surface area (Å²) in [4.78, 5) is 13.5. The molecule has 0 unspecified atom stereocenters. The van der Waals surface area contributed by atoms with E-state index in [0.29, 0.717) is 19.7 Å². The zero-order chi connectivity index (χ0) is 11.4. The van der Waals surface area contributed by atoms with Crippen molar-refractivity contribution >= 4 is 5.91 Å². The van der Waals surface area contributed by atoms with Gasteiger partial charge in [-0.2, -0.15) is 0 Å². The lowest BCUT2D eigenvalue weighted by Crippen LogP contribution is -2.34. The van der Waals surface area contributed by atoms with Crippen LogP contribution in [0.1, 0.15) is 5.56 Å². The number of methoxy groups -OCH3 is 1. The fourth-order valence-electron chi connectivity index (χ4n) is 1.75. The van der Waals surface area contributed by atoms with Gasteiger partial charge < -0.3 is 14.4 Å². The van der Waals surface area contributed by atoms with E-state index in [1.54, 1.807) is 4.90 Å². The second-order valence-electron chi connectivity index (χ2n) is 3.70. The van der Waals surface area contributed by atoms with Gasteiger partial charge in [0, 0.05) is 19.2 Å². The molecule has 0 fully saturated rings. The number of fused-ring (bicyclic) bond motifs is 1. The predicted molar refractivity (Wildman–Crippen MR) is 59.2 cm³/mol. The highest BCUT2D eigenvalue weighted by Gasteiger charge is 2.18. The van der Waals surface area contributed by atoms with Gasteiger partial charge in [0.05, 0.1) is 6.54 Å². The molecule has 1 aromatic rings. The Morgan fingerprint density at radius 3 is 3.12 bits per heavy atom. The molecule has 1 heterocycles. The summed E-state index contributed by atoms with van der Waals surface area (Å²) < 4.78 is 10.4. The summed E-state index contributed by atoms with van der Waals surface area (Å²) in [6.45, 7) is 1.86. The Labute approximate surface area is 94.8 Å². The minimum Gasteiger partial charge on any atom is -0.491 e. The van der Waals surface area contributed by atoms with Gasteiger partial charge in [0.1, 0.15) is 19.0 Å². The SMILES string of the molecule is COCC(=O)N1CCOc2ccccc2C1. The first kappa shape index (κ1) is 11.0. The third kappa shape index (κ3) is 2.33. The first-order chi connectivity index (χ1) is 7.81. The lowest BCUT2D eigenvalue weighted by atomic mass is 10.2. The van der Waals surface area contributed by atoms with Crippen LogP contribution in [-0.2, 0) is 16.1 Å². The van der Waals surface area contributed by atoms with Gasteiger partial charge in [-0.25, -0.2) is 0 Å². The molecule has 1 aliphatic heterocycles. The number of carbonyl (C=O) groups excluding carboxylic acids is 1. The quantitative estimate of drug-likeness (QED) is 0.749. The van der Waals surface area contributed by atoms with Crippen molar-refractivity contribution in [3.63, 3.8) is 0 Å². The fourth-order valence-corrected chi connectivity index (χ4v) is 1.75. The van der Waals surface area contributed by atoms with Crippen LogP contribution in [0.4, 0.5) is 0 Å². The topological polar surface area (TPSA) is 38.8 Å². The lowest BCUT2D eigenvalue weighted by Gasteiger charge is -2.19. The predicted octanol–water partition coefficient (Wildman–Crippen LogP) is 1.05. The maximum atomic E-state index is 11.7. The van der Waals surface area contributed by atoms with E-state index in [0.717, 1.165) is 11.3 Å². The van der Waals surface area contributed by atoms with E-state index >= 15 is 0 Å². The normalized spacial score (nSPS) is 14.9. The number of para-hydroxylation sites is 1. The van der Waals surface area contributed by atoms with Crippen LogP contribution in [0.25, 0.3) is 0 Å². The van der Waals surface area contributed by atoms with E-state index in [1.165, 1.54) is 7.11 Å². The molecule has 0 bridgehead atoms. The smallest absolute Gasteiger partial charge is 0.248 e. The molecule has 0 aromatic heterocycles. The first-order valence-corrected chi connectivity index (χ1v) is 5.28. The Bertz CT molecular complexity index is 378. The first-order valence-electron chi connectivity index (χ1n) is 5.28. The van der Waals surface area contributed by atoms with Gasteiger partial charge in [-0.3, -0.25) is 4.79 Å². The van der Waals surface area contributed by atoms with E-state index < -0.39 is 0 Å². The molecule has 0 saturated heterocycles. The molecule has 0 atom stereocenters. The van der Waals surface area contributed by atoms with Crippen LogP contribution in [0.3, 0.4) is 0 Å². The highest BCUT2D eigenvalue weighted by atomic mass is 16.5. The maximum Gasteiger partial charge on any atom is 0.248 e. The van der Waals surface area contributed by atoms with E-state index in [1.807, 2.05) is 24.3 Å². The summed E-state index contributed by atoms with van der Waals surface area (Å²) in [6.07, 6.45) is 0. The average Bonchev–Trinajstić information content (AvgIpc) is 2.51. The fraction of sp³-hybridized carbons (Fsp3) is 0.417. The minimum atomic E-state index is 0.00260. The summed E-state index contributed by atoms with van der Waals surface area (Å²) in [7, 11) is 1.53. The van der Waals surface area contributed by atoms with Crippen molar-refractivity contribution in [3.8, 4) is 5.75 Å². The van der Waals surface area contributed by atoms with Gasteiger partial charge in [0.2, 0.25) is 5.91 Å². The molecule has 0 aliphatic carbocycles. The van der Waals surface area contributed by atoms with Crippen molar-refractivity contribution < 1.29 is 14.3 Å². The Hall–Kier alpha value is -1.55. The molecule has 4 heteroatoms. The molecule has 0 radical (unpaired) electrons. The van der Waals surface area contributed by atoms with E-state index in [4.69, 9.17) is 9.47 Å². The van der Waals surface area contributed by atoms with Crippen LogP contribution in [0.15, 0.2) is 24.3 Å². The minimum absolute atomic E-state index is 0.00260. The Morgan fingerprint density at radius 1 is 1.50 bits per heavy atom. The Kier molecular flexibility index (Phi) is 3.41. The lowest BCUT2D eigenvalue weighted by molar-refractivity contribution is -0.135. The number of hydrogen-bond donors (Lipinski definition) is 0. The molecular formula is C12H15NO3. The second kappa shape index (κ2) is 4.99. The maximum absolute atomic E-state index is 11.7. The van der Waals surface area contributed by atoms with E-state index in [-0.39, 0.29) is 12.5 Å². The van der Waals surface area contributed by atoms with Gasteiger partial charge in [-0.15, -0.1) is 0 Å². The average molecular weight is 221 g/mol. The van der Waals surface area contributed by atoms with Gasteiger partial charge in [-0.1, -0.05) is 18.2 Å². The molecule has 16 heavy (non-hydrogen) atoms. The van der Waals surface area contributed by atoms with Gasteiger partial charge in [0.25, 0.3) is 0 Å². The molecule has 1 aliphatic rings. The molecule has 1 aromatic carbocycles. The van der Waals surface area contributed by atoms with Crippen molar-refractivity contribution in [2.45, 2.75) is 6.54 Å². The number of nitrogens with zero attached hydrogens (tertiary/aromatic N) is 1. The second-order valence-corrected chi connectivity index (χ2v) is 3.70. The van der Waals surface area contributed by atoms with Crippen LogP contribution in [0, 0.1) is 0 Å². The molecule has 86 valence electrons. The monoisotopic (exact) mass is 221 g/mol. The van der Waals surface area contributed by atoms with Crippen molar-refractivity contribution in [2.75, 3.05) is 26.9 Å². The molecule has 0 saturated carbocycles. The largest absolute Gasteiger partial charge is 0.491 e. The van der Waals surface area contributed by atoms with Crippen LogP contribution in [0.5, 0.6) is 5.75 Å². The molecule has 0 N–H and O–H groups in total. The van der Waals surface area contributed by atoms with Crippen molar-refractivity contribution in [1.82, 2.24) is 4.90 Å². The number of hydrogen-bond acceptors (Lipinski definition) is 3. The number of amides is 1. The number of rotatable bonds is 2. The van der Waals surface area contributed by atoms with Crippen LogP contribution >= 0.6 is 0 Å². The molecule has 2 rings (SSSR count). The van der Waals surface area contributed by atoms with E-state index in [2.05, 4.69) is 0 Å². The zero-order valence-corrected chi connectivity index (χ0v) is 9.31.